The van der Waals surface area contributed by atoms with Gasteiger partial charge < -0.3 is 4.74 Å². The van der Waals surface area contributed by atoms with Crippen LogP contribution >= 0.6 is 0 Å². The van der Waals surface area contributed by atoms with Gasteiger partial charge in [-0.15, -0.1) is 0 Å². The number of nitro groups is 1. The third-order valence-corrected chi connectivity index (χ3v) is 6.53. The van der Waals surface area contributed by atoms with Crippen LogP contribution in [0.3, 0.4) is 0 Å². The Morgan fingerprint density at radius 2 is 1.71 bits per heavy atom. The highest BCUT2D eigenvalue weighted by molar-refractivity contribution is 7.89. The number of carbonyl (C=O) groups is 1. The maximum Gasteiger partial charge on any atom is 0.343 e. The molecule has 0 unspecified atom stereocenters. The quantitative estimate of drug-likeness (QED) is 0.328. The van der Waals surface area contributed by atoms with Gasteiger partial charge in [-0.05, 0) is 56.2 Å². The molecule has 1 fully saturated rings. The lowest BCUT2D eigenvalue weighted by Crippen LogP contribution is -2.35. The molecule has 28 heavy (non-hydrogen) atoms. The van der Waals surface area contributed by atoms with Gasteiger partial charge in [0.05, 0.1) is 15.4 Å². The van der Waals surface area contributed by atoms with Gasteiger partial charge in [0, 0.05) is 24.7 Å². The molecule has 0 atom stereocenters. The van der Waals surface area contributed by atoms with E-state index in [1.165, 1.54) is 46.8 Å². The highest BCUT2D eigenvalue weighted by atomic mass is 32.2. The molecule has 0 amide bonds. The van der Waals surface area contributed by atoms with Crippen LogP contribution in [0.4, 0.5) is 5.69 Å². The molecule has 0 bridgehead atoms. The lowest BCUT2D eigenvalue weighted by molar-refractivity contribution is -0.385. The summed E-state index contributed by atoms with van der Waals surface area (Å²) in [7, 11) is -3.56. The number of piperidine rings is 1. The number of esters is 1. The van der Waals surface area contributed by atoms with Crippen molar-refractivity contribution in [2.45, 2.75) is 31.1 Å². The molecule has 1 heterocycles. The van der Waals surface area contributed by atoms with Crippen molar-refractivity contribution in [3.63, 3.8) is 0 Å². The Kier molecular flexibility index (Phi) is 5.76. The summed E-state index contributed by atoms with van der Waals surface area (Å²) in [5.41, 5.74) is 0.499. The van der Waals surface area contributed by atoms with E-state index in [4.69, 9.17) is 4.74 Å². The molecule has 0 radical (unpaired) electrons. The molecule has 1 aliphatic rings. The van der Waals surface area contributed by atoms with E-state index in [2.05, 4.69) is 0 Å². The van der Waals surface area contributed by atoms with Crippen molar-refractivity contribution in [2.75, 3.05) is 13.1 Å². The zero-order chi connectivity index (χ0) is 20.3. The van der Waals surface area contributed by atoms with E-state index in [0.29, 0.717) is 18.7 Å². The van der Waals surface area contributed by atoms with Crippen molar-refractivity contribution in [1.29, 1.82) is 0 Å². The Morgan fingerprint density at radius 1 is 1.07 bits per heavy atom. The number of nitro benzene ring substituents is 1. The Bertz CT molecular complexity index is 996. The Hall–Kier alpha value is -2.78. The van der Waals surface area contributed by atoms with Crippen LogP contribution in [0, 0.1) is 17.0 Å². The van der Waals surface area contributed by atoms with Gasteiger partial charge in [-0.1, -0.05) is 6.42 Å². The van der Waals surface area contributed by atoms with Crippen LogP contribution in [-0.2, 0) is 10.0 Å². The first kappa shape index (κ1) is 20.0. The molecule has 9 heteroatoms. The Balaban J connectivity index is 1.73. The molecule has 2 aromatic carbocycles. The van der Waals surface area contributed by atoms with E-state index in [1.54, 1.807) is 6.92 Å². The van der Waals surface area contributed by atoms with E-state index in [0.717, 1.165) is 19.3 Å². The summed E-state index contributed by atoms with van der Waals surface area (Å²) in [5.74, 6) is -0.492. The molecule has 148 valence electrons. The average molecular weight is 404 g/mol. The average Bonchev–Trinajstić information content (AvgIpc) is 2.68. The summed E-state index contributed by atoms with van der Waals surface area (Å²) in [5, 5.41) is 10.8. The fourth-order valence-corrected chi connectivity index (χ4v) is 4.60. The molecule has 0 spiro atoms. The number of hydrogen-bond acceptors (Lipinski definition) is 6. The zero-order valence-electron chi connectivity index (χ0n) is 15.3. The highest BCUT2D eigenvalue weighted by Crippen LogP contribution is 2.24. The first-order valence-corrected chi connectivity index (χ1v) is 10.3. The molecule has 0 aromatic heterocycles. The maximum absolute atomic E-state index is 12.6. The topological polar surface area (TPSA) is 107 Å². The van der Waals surface area contributed by atoms with Crippen molar-refractivity contribution in [2.24, 2.45) is 0 Å². The molecule has 0 aliphatic carbocycles. The number of rotatable bonds is 5. The minimum Gasteiger partial charge on any atom is -0.423 e. The number of aryl methyl sites for hydroxylation is 1. The van der Waals surface area contributed by atoms with Crippen molar-refractivity contribution in [3.8, 4) is 5.75 Å². The first-order chi connectivity index (χ1) is 13.3. The normalized spacial score (nSPS) is 15.2. The lowest BCUT2D eigenvalue weighted by Gasteiger charge is -2.25. The van der Waals surface area contributed by atoms with Crippen molar-refractivity contribution < 1.29 is 22.9 Å². The van der Waals surface area contributed by atoms with Crippen LogP contribution in [-0.4, -0.2) is 36.7 Å². The number of hydrogen-bond donors (Lipinski definition) is 0. The smallest absolute Gasteiger partial charge is 0.343 e. The third-order valence-electron chi connectivity index (χ3n) is 4.62. The molecule has 3 rings (SSSR count). The van der Waals surface area contributed by atoms with E-state index in [-0.39, 0.29) is 21.9 Å². The van der Waals surface area contributed by atoms with Gasteiger partial charge in [0.15, 0.2) is 0 Å². The number of ether oxygens (including phenoxy) is 1. The van der Waals surface area contributed by atoms with Crippen molar-refractivity contribution >= 4 is 21.7 Å². The van der Waals surface area contributed by atoms with Crippen molar-refractivity contribution in [1.82, 2.24) is 4.31 Å². The van der Waals surface area contributed by atoms with Gasteiger partial charge in [0.1, 0.15) is 5.75 Å². The third kappa shape index (κ3) is 4.20. The molecular weight excluding hydrogens is 384 g/mol. The zero-order valence-corrected chi connectivity index (χ0v) is 16.1. The van der Waals surface area contributed by atoms with Crippen LogP contribution in [0.15, 0.2) is 47.4 Å². The molecule has 2 aromatic rings. The SMILES string of the molecule is Cc1cc(OC(=O)c2ccc(S(=O)(=O)N3CCCCC3)cc2)ccc1[N+](=O)[O-]. The standard InChI is InChI=1S/C19H20N2O6S/c1-14-13-16(7-10-18(14)21(23)24)27-19(22)15-5-8-17(9-6-15)28(25,26)20-11-3-2-4-12-20/h5-10,13H,2-4,11-12H2,1H3. The molecule has 0 N–H and O–H groups in total. The summed E-state index contributed by atoms with van der Waals surface area (Å²) in [4.78, 5) is 22.8. The van der Waals surface area contributed by atoms with Gasteiger partial charge in [0.25, 0.3) is 5.69 Å². The van der Waals surface area contributed by atoms with Gasteiger partial charge in [-0.3, -0.25) is 10.1 Å². The molecule has 1 aliphatic heterocycles. The van der Waals surface area contributed by atoms with E-state index >= 15 is 0 Å². The van der Waals surface area contributed by atoms with Gasteiger partial charge in [-0.2, -0.15) is 4.31 Å². The molecule has 8 nitrogen and oxygen atoms in total. The van der Waals surface area contributed by atoms with Crippen LogP contribution in [0.5, 0.6) is 5.75 Å². The Labute approximate surface area is 162 Å². The van der Waals surface area contributed by atoms with E-state index < -0.39 is 20.9 Å². The van der Waals surface area contributed by atoms with Gasteiger partial charge in [0.2, 0.25) is 10.0 Å². The predicted molar refractivity (Wildman–Crippen MR) is 102 cm³/mol. The summed E-state index contributed by atoms with van der Waals surface area (Å²) < 4.78 is 32.0. The first-order valence-electron chi connectivity index (χ1n) is 8.86. The predicted octanol–water partition coefficient (Wildman–Crippen LogP) is 3.30. The number of carbonyl (C=O) groups excluding carboxylic acids is 1. The molecular formula is C19H20N2O6S. The second kappa shape index (κ2) is 8.07. The van der Waals surface area contributed by atoms with Crippen LogP contribution in [0.25, 0.3) is 0 Å². The molecule has 1 saturated heterocycles. The number of sulfonamides is 1. The number of nitrogens with zero attached hydrogens (tertiary/aromatic N) is 2. The summed E-state index contributed by atoms with van der Waals surface area (Å²) in [6.45, 7) is 2.56. The van der Waals surface area contributed by atoms with Crippen LogP contribution < -0.4 is 4.74 Å². The highest BCUT2D eigenvalue weighted by Gasteiger charge is 2.26. The van der Waals surface area contributed by atoms with E-state index in [1.807, 2.05) is 0 Å². The van der Waals surface area contributed by atoms with E-state index in [9.17, 15) is 23.3 Å². The summed E-state index contributed by atoms with van der Waals surface area (Å²) >= 11 is 0. The largest absolute Gasteiger partial charge is 0.423 e. The molecule has 0 saturated carbocycles. The number of benzene rings is 2. The lowest BCUT2D eigenvalue weighted by atomic mass is 10.2. The summed E-state index contributed by atoms with van der Waals surface area (Å²) in [6.07, 6.45) is 2.72. The second-order valence-electron chi connectivity index (χ2n) is 6.58. The van der Waals surface area contributed by atoms with Gasteiger partial charge in [-0.25, -0.2) is 13.2 Å². The minimum absolute atomic E-state index is 0.0629. The van der Waals surface area contributed by atoms with Crippen LogP contribution in [0.1, 0.15) is 35.2 Å². The van der Waals surface area contributed by atoms with Crippen molar-refractivity contribution in [3.05, 3.63) is 63.7 Å². The maximum atomic E-state index is 12.6. The second-order valence-corrected chi connectivity index (χ2v) is 8.52. The summed E-state index contributed by atoms with van der Waals surface area (Å²) in [6, 6.07) is 9.60. The van der Waals surface area contributed by atoms with Crippen LogP contribution in [0.2, 0.25) is 0 Å². The monoisotopic (exact) mass is 404 g/mol. The van der Waals surface area contributed by atoms with Gasteiger partial charge >= 0.3 is 5.97 Å². The fraction of sp³-hybridized carbons (Fsp3) is 0.316. The fourth-order valence-electron chi connectivity index (χ4n) is 3.08. The Morgan fingerprint density at radius 3 is 2.29 bits per heavy atom. The minimum atomic E-state index is -3.56.